The molecule has 0 unspecified atom stereocenters. The predicted octanol–water partition coefficient (Wildman–Crippen LogP) is 1.57. The van der Waals surface area contributed by atoms with Crippen molar-refractivity contribution in [3.63, 3.8) is 0 Å². The molecular formula is C11H15N3. The zero-order chi connectivity index (χ0) is 10.1. The second kappa shape index (κ2) is 3.40. The minimum Gasteiger partial charge on any atom is -0.382 e. The average molecular weight is 189 g/mol. The third-order valence-electron chi connectivity index (χ3n) is 2.33. The van der Waals surface area contributed by atoms with E-state index in [0.29, 0.717) is 11.9 Å². The van der Waals surface area contributed by atoms with E-state index in [1.807, 2.05) is 20.0 Å². The Morgan fingerprint density at radius 1 is 1.50 bits per heavy atom. The molecule has 0 radical (unpaired) electrons. The summed E-state index contributed by atoms with van der Waals surface area (Å²) in [6.07, 6.45) is 4.18. The lowest BCUT2D eigenvalue weighted by Crippen LogP contribution is -2.17. The van der Waals surface area contributed by atoms with Crippen LogP contribution in [-0.2, 0) is 0 Å². The van der Waals surface area contributed by atoms with E-state index in [1.54, 1.807) is 0 Å². The van der Waals surface area contributed by atoms with Crippen LogP contribution in [0.1, 0.15) is 29.7 Å². The summed E-state index contributed by atoms with van der Waals surface area (Å²) in [6, 6.07) is 2.54. The Kier molecular flexibility index (Phi) is 2.23. The molecular weight excluding hydrogens is 174 g/mol. The van der Waals surface area contributed by atoms with Gasteiger partial charge in [-0.25, -0.2) is 0 Å². The second-order valence-electron chi connectivity index (χ2n) is 3.92. The molecule has 0 atom stereocenters. The summed E-state index contributed by atoms with van der Waals surface area (Å²) in [5.74, 6) is 0.588. The fourth-order valence-corrected chi connectivity index (χ4v) is 1.44. The van der Waals surface area contributed by atoms with E-state index in [2.05, 4.69) is 16.0 Å². The highest BCUT2D eigenvalue weighted by Gasteiger charge is 2.21. The molecule has 1 heterocycles. The van der Waals surface area contributed by atoms with E-state index in [4.69, 9.17) is 5.73 Å². The summed E-state index contributed by atoms with van der Waals surface area (Å²) in [6.45, 7) is 4.04. The monoisotopic (exact) mass is 189 g/mol. The van der Waals surface area contributed by atoms with Crippen LogP contribution in [0.2, 0.25) is 0 Å². The highest BCUT2D eigenvalue weighted by atomic mass is 14.9. The quantitative estimate of drug-likeness (QED) is 0.567. The first-order valence-corrected chi connectivity index (χ1v) is 4.93. The molecule has 1 fully saturated rings. The number of amidine groups is 1. The molecule has 14 heavy (non-hydrogen) atoms. The summed E-state index contributed by atoms with van der Waals surface area (Å²) < 4.78 is 0. The van der Waals surface area contributed by atoms with Gasteiger partial charge in [0.15, 0.2) is 0 Å². The van der Waals surface area contributed by atoms with Crippen molar-refractivity contribution in [3.8, 4) is 0 Å². The first-order valence-electron chi connectivity index (χ1n) is 4.93. The molecule has 0 bridgehead atoms. The molecule has 0 aromatic carbocycles. The summed E-state index contributed by atoms with van der Waals surface area (Å²) >= 11 is 0. The maximum absolute atomic E-state index is 5.87. The SMILES string of the molecule is Cc1cnc(C(N)=NC2CC2)c(C)c1. The third-order valence-corrected chi connectivity index (χ3v) is 2.33. The number of aromatic nitrogens is 1. The Labute approximate surface area is 84.1 Å². The Morgan fingerprint density at radius 2 is 2.21 bits per heavy atom. The number of hydrogen-bond acceptors (Lipinski definition) is 2. The molecule has 1 saturated carbocycles. The number of rotatable bonds is 2. The maximum Gasteiger partial charge on any atom is 0.145 e. The zero-order valence-electron chi connectivity index (χ0n) is 8.62. The molecule has 0 amide bonds. The number of aryl methyl sites for hydroxylation is 2. The number of hydrogen-bond donors (Lipinski definition) is 1. The molecule has 3 nitrogen and oxygen atoms in total. The maximum atomic E-state index is 5.87. The molecule has 1 aromatic heterocycles. The van der Waals surface area contributed by atoms with Gasteiger partial charge in [0.2, 0.25) is 0 Å². The van der Waals surface area contributed by atoms with Crippen LogP contribution in [0.15, 0.2) is 17.3 Å². The first kappa shape index (κ1) is 9.19. The van der Waals surface area contributed by atoms with Crippen LogP contribution in [0.4, 0.5) is 0 Å². The minimum atomic E-state index is 0.456. The molecule has 0 aliphatic heterocycles. The molecule has 3 heteroatoms. The van der Waals surface area contributed by atoms with Gasteiger partial charge in [0.25, 0.3) is 0 Å². The van der Waals surface area contributed by atoms with Crippen LogP contribution < -0.4 is 5.73 Å². The van der Waals surface area contributed by atoms with Crippen LogP contribution in [0.3, 0.4) is 0 Å². The van der Waals surface area contributed by atoms with Gasteiger partial charge >= 0.3 is 0 Å². The standard InChI is InChI=1S/C11H15N3/c1-7-5-8(2)10(13-6-7)11(12)14-9-3-4-9/h5-6,9H,3-4H2,1-2H3,(H2,12,14). The molecule has 1 aliphatic rings. The lowest BCUT2D eigenvalue weighted by atomic mass is 10.1. The second-order valence-corrected chi connectivity index (χ2v) is 3.92. The van der Waals surface area contributed by atoms with Crippen molar-refractivity contribution in [2.45, 2.75) is 32.7 Å². The van der Waals surface area contributed by atoms with E-state index in [1.165, 1.54) is 12.8 Å². The average Bonchev–Trinajstić information content (AvgIpc) is 2.87. The summed E-state index contributed by atoms with van der Waals surface area (Å²) in [4.78, 5) is 8.68. The van der Waals surface area contributed by atoms with Crippen molar-refractivity contribution in [2.24, 2.45) is 10.7 Å². The Bertz CT molecular complexity index is 378. The number of pyridine rings is 1. The van der Waals surface area contributed by atoms with Gasteiger partial charge in [-0.3, -0.25) is 9.98 Å². The largest absolute Gasteiger partial charge is 0.382 e. The molecule has 0 saturated heterocycles. The van der Waals surface area contributed by atoms with Crippen molar-refractivity contribution in [1.82, 2.24) is 4.98 Å². The lowest BCUT2D eigenvalue weighted by molar-refractivity contribution is 1.05. The van der Waals surface area contributed by atoms with E-state index < -0.39 is 0 Å². The van der Waals surface area contributed by atoms with E-state index in [9.17, 15) is 0 Å². The predicted molar refractivity (Wildman–Crippen MR) is 57.5 cm³/mol. The van der Waals surface area contributed by atoms with Crippen LogP contribution in [0.25, 0.3) is 0 Å². The van der Waals surface area contributed by atoms with E-state index in [-0.39, 0.29) is 0 Å². The number of aliphatic imine (C=N–C) groups is 1. The lowest BCUT2D eigenvalue weighted by Gasteiger charge is -2.04. The fraction of sp³-hybridized carbons (Fsp3) is 0.455. The van der Waals surface area contributed by atoms with Gasteiger partial charge in [-0.1, -0.05) is 6.07 Å². The van der Waals surface area contributed by atoms with Gasteiger partial charge in [-0.15, -0.1) is 0 Å². The van der Waals surface area contributed by atoms with Gasteiger partial charge < -0.3 is 5.73 Å². The molecule has 1 aliphatic carbocycles. The summed E-state index contributed by atoms with van der Waals surface area (Å²) in [5.41, 5.74) is 8.97. The number of nitrogens with zero attached hydrogens (tertiary/aromatic N) is 2. The highest BCUT2D eigenvalue weighted by molar-refractivity contribution is 5.97. The van der Waals surface area contributed by atoms with Gasteiger partial charge in [0.05, 0.1) is 6.04 Å². The van der Waals surface area contributed by atoms with Crippen molar-refractivity contribution in [1.29, 1.82) is 0 Å². The van der Waals surface area contributed by atoms with Crippen LogP contribution in [-0.4, -0.2) is 16.9 Å². The van der Waals surface area contributed by atoms with Gasteiger partial charge in [-0.05, 0) is 37.8 Å². The highest BCUT2D eigenvalue weighted by Crippen LogP contribution is 2.24. The first-order chi connectivity index (χ1) is 6.66. The van der Waals surface area contributed by atoms with Gasteiger partial charge in [-0.2, -0.15) is 0 Å². The molecule has 74 valence electrons. The van der Waals surface area contributed by atoms with E-state index in [0.717, 1.165) is 16.8 Å². The van der Waals surface area contributed by atoms with Gasteiger partial charge in [0.1, 0.15) is 11.5 Å². The topological polar surface area (TPSA) is 51.3 Å². The Hall–Kier alpha value is -1.38. The molecule has 2 N–H and O–H groups in total. The van der Waals surface area contributed by atoms with Crippen LogP contribution >= 0.6 is 0 Å². The summed E-state index contributed by atoms with van der Waals surface area (Å²) in [7, 11) is 0. The normalized spacial score (nSPS) is 17.1. The van der Waals surface area contributed by atoms with Crippen molar-refractivity contribution in [3.05, 3.63) is 29.1 Å². The molecule has 0 spiro atoms. The summed E-state index contributed by atoms with van der Waals surface area (Å²) in [5, 5.41) is 0. The zero-order valence-corrected chi connectivity index (χ0v) is 8.62. The smallest absolute Gasteiger partial charge is 0.145 e. The van der Waals surface area contributed by atoms with Crippen molar-refractivity contribution < 1.29 is 0 Å². The third kappa shape index (κ3) is 1.92. The fourth-order valence-electron chi connectivity index (χ4n) is 1.44. The van der Waals surface area contributed by atoms with Crippen molar-refractivity contribution in [2.75, 3.05) is 0 Å². The number of nitrogens with two attached hydrogens (primary N) is 1. The minimum absolute atomic E-state index is 0.456. The van der Waals surface area contributed by atoms with Crippen LogP contribution in [0.5, 0.6) is 0 Å². The Balaban J connectivity index is 2.30. The Morgan fingerprint density at radius 3 is 2.79 bits per heavy atom. The van der Waals surface area contributed by atoms with Crippen LogP contribution in [0, 0.1) is 13.8 Å². The molecule has 2 rings (SSSR count). The van der Waals surface area contributed by atoms with E-state index >= 15 is 0 Å². The van der Waals surface area contributed by atoms with Crippen molar-refractivity contribution >= 4 is 5.84 Å². The van der Waals surface area contributed by atoms with Gasteiger partial charge in [0, 0.05) is 6.20 Å². The molecule has 1 aromatic rings.